The van der Waals surface area contributed by atoms with Crippen molar-refractivity contribution in [3.63, 3.8) is 0 Å². The standard InChI is InChI=1S/C26H24ClN5O3S/c1-17-4-11-21(12-5-17)32-25(19-7-9-20(27)10-8-19)30-31-26(32)36-16-24(33)29-28-15-18-6-13-22(34-2)23(14-18)35-3/h4-15H,16H2,1-3H3,(H,29,33). The Morgan fingerprint density at radius 3 is 2.44 bits per heavy atom. The second-order valence-electron chi connectivity index (χ2n) is 7.68. The Morgan fingerprint density at radius 1 is 1.03 bits per heavy atom. The predicted octanol–water partition coefficient (Wildman–Crippen LogP) is 5.16. The van der Waals surface area contributed by atoms with Crippen molar-refractivity contribution in [2.24, 2.45) is 5.10 Å². The van der Waals surface area contributed by atoms with E-state index in [1.165, 1.54) is 18.0 Å². The highest BCUT2D eigenvalue weighted by Gasteiger charge is 2.17. The molecule has 0 atom stereocenters. The Hall–Kier alpha value is -3.82. The Morgan fingerprint density at radius 2 is 1.75 bits per heavy atom. The number of methoxy groups -OCH3 is 2. The number of thioether (sulfide) groups is 1. The Balaban J connectivity index is 1.48. The van der Waals surface area contributed by atoms with Gasteiger partial charge < -0.3 is 9.47 Å². The SMILES string of the molecule is COc1ccc(C=NNC(=O)CSc2nnc(-c3ccc(Cl)cc3)n2-c2ccc(C)cc2)cc1OC. The van der Waals surface area contributed by atoms with Crippen LogP contribution in [0.1, 0.15) is 11.1 Å². The molecule has 1 amide bonds. The quantitative estimate of drug-likeness (QED) is 0.186. The van der Waals surface area contributed by atoms with Crippen molar-refractivity contribution in [2.75, 3.05) is 20.0 Å². The fourth-order valence-electron chi connectivity index (χ4n) is 3.35. The maximum absolute atomic E-state index is 12.5. The van der Waals surface area contributed by atoms with Gasteiger partial charge in [0.05, 0.1) is 26.2 Å². The lowest BCUT2D eigenvalue weighted by atomic mass is 10.2. The van der Waals surface area contributed by atoms with Crippen molar-refractivity contribution >= 4 is 35.5 Å². The number of halogens is 1. The van der Waals surface area contributed by atoms with Crippen LogP contribution in [0.4, 0.5) is 0 Å². The Bertz CT molecular complexity index is 1370. The lowest BCUT2D eigenvalue weighted by Gasteiger charge is -2.11. The van der Waals surface area contributed by atoms with Gasteiger partial charge in [-0.05, 0) is 67.1 Å². The van der Waals surface area contributed by atoms with E-state index in [1.807, 2.05) is 66.1 Å². The van der Waals surface area contributed by atoms with Crippen molar-refractivity contribution in [1.29, 1.82) is 0 Å². The normalized spacial score (nSPS) is 11.0. The third-order valence-corrected chi connectivity index (χ3v) is 6.35. The fraction of sp³-hybridized carbons (Fsp3) is 0.154. The van der Waals surface area contributed by atoms with Crippen molar-refractivity contribution in [3.05, 3.63) is 82.9 Å². The molecule has 36 heavy (non-hydrogen) atoms. The number of nitrogens with zero attached hydrogens (tertiary/aromatic N) is 4. The van der Waals surface area contributed by atoms with Gasteiger partial charge in [0.15, 0.2) is 22.5 Å². The fourth-order valence-corrected chi connectivity index (χ4v) is 4.22. The van der Waals surface area contributed by atoms with Crippen LogP contribution in [0.2, 0.25) is 5.02 Å². The minimum Gasteiger partial charge on any atom is -0.493 e. The van der Waals surface area contributed by atoms with Crippen molar-refractivity contribution in [3.8, 4) is 28.6 Å². The van der Waals surface area contributed by atoms with Crippen LogP contribution in [0.25, 0.3) is 17.1 Å². The highest BCUT2D eigenvalue weighted by Crippen LogP contribution is 2.29. The van der Waals surface area contributed by atoms with Crippen molar-refractivity contribution in [1.82, 2.24) is 20.2 Å². The Labute approximate surface area is 218 Å². The number of hydrogen-bond donors (Lipinski definition) is 1. The number of aryl methyl sites for hydroxylation is 1. The molecule has 10 heteroatoms. The van der Waals surface area contributed by atoms with E-state index >= 15 is 0 Å². The van der Waals surface area contributed by atoms with Crippen LogP contribution in [0.5, 0.6) is 11.5 Å². The zero-order valence-corrected chi connectivity index (χ0v) is 21.5. The topological polar surface area (TPSA) is 90.6 Å². The molecule has 1 heterocycles. The molecule has 0 saturated heterocycles. The van der Waals surface area contributed by atoms with E-state index in [-0.39, 0.29) is 11.7 Å². The summed E-state index contributed by atoms with van der Waals surface area (Å²) in [4.78, 5) is 12.5. The molecule has 0 aliphatic heterocycles. The molecule has 4 rings (SSSR count). The molecule has 0 bridgehead atoms. The van der Waals surface area contributed by atoms with Crippen LogP contribution in [0.3, 0.4) is 0 Å². The van der Waals surface area contributed by atoms with Crippen LogP contribution in [0.15, 0.2) is 77.0 Å². The molecular formula is C26H24ClN5O3S. The first-order valence-electron chi connectivity index (χ1n) is 10.9. The number of benzene rings is 3. The van der Waals surface area contributed by atoms with E-state index in [2.05, 4.69) is 20.7 Å². The second-order valence-corrected chi connectivity index (χ2v) is 9.06. The Kier molecular flexibility index (Phi) is 8.24. The molecule has 8 nitrogen and oxygen atoms in total. The monoisotopic (exact) mass is 521 g/mol. The van der Waals surface area contributed by atoms with Gasteiger partial charge in [0.1, 0.15) is 0 Å². The first-order valence-corrected chi connectivity index (χ1v) is 12.3. The first-order chi connectivity index (χ1) is 17.5. The molecule has 3 aromatic carbocycles. The molecule has 1 aromatic heterocycles. The number of hydrazone groups is 1. The summed E-state index contributed by atoms with van der Waals surface area (Å²) in [5.41, 5.74) is 6.20. The maximum atomic E-state index is 12.5. The highest BCUT2D eigenvalue weighted by molar-refractivity contribution is 7.99. The van der Waals surface area contributed by atoms with Gasteiger partial charge in [-0.3, -0.25) is 9.36 Å². The van der Waals surface area contributed by atoms with E-state index in [0.29, 0.717) is 27.5 Å². The highest BCUT2D eigenvalue weighted by atomic mass is 35.5. The van der Waals surface area contributed by atoms with E-state index in [9.17, 15) is 4.79 Å². The van der Waals surface area contributed by atoms with Crippen molar-refractivity contribution in [2.45, 2.75) is 12.1 Å². The molecular weight excluding hydrogens is 498 g/mol. The minimum atomic E-state index is -0.275. The molecule has 184 valence electrons. The molecule has 1 N–H and O–H groups in total. The first kappa shape index (κ1) is 25.3. The van der Waals surface area contributed by atoms with Crippen LogP contribution in [-0.4, -0.2) is 46.9 Å². The van der Waals surface area contributed by atoms with Gasteiger partial charge in [-0.25, -0.2) is 5.43 Å². The zero-order chi connectivity index (χ0) is 25.5. The summed E-state index contributed by atoms with van der Waals surface area (Å²) < 4.78 is 12.4. The molecule has 0 aliphatic rings. The maximum Gasteiger partial charge on any atom is 0.250 e. The number of carbonyl (C=O) groups excluding carboxylic acids is 1. The van der Waals surface area contributed by atoms with Crippen LogP contribution < -0.4 is 14.9 Å². The van der Waals surface area contributed by atoms with E-state index in [0.717, 1.165) is 22.4 Å². The number of carbonyl (C=O) groups is 1. The van der Waals surface area contributed by atoms with Gasteiger partial charge >= 0.3 is 0 Å². The van der Waals surface area contributed by atoms with Gasteiger partial charge in [0.2, 0.25) is 0 Å². The smallest absolute Gasteiger partial charge is 0.250 e. The zero-order valence-electron chi connectivity index (χ0n) is 19.9. The largest absolute Gasteiger partial charge is 0.493 e. The summed E-state index contributed by atoms with van der Waals surface area (Å²) in [6.45, 7) is 2.03. The van der Waals surface area contributed by atoms with Crippen LogP contribution >= 0.6 is 23.4 Å². The van der Waals surface area contributed by atoms with E-state index < -0.39 is 0 Å². The number of ether oxygens (including phenoxy) is 2. The average molecular weight is 522 g/mol. The molecule has 4 aromatic rings. The molecule has 0 unspecified atom stereocenters. The molecule has 0 fully saturated rings. The van der Waals surface area contributed by atoms with Crippen LogP contribution in [0, 0.1) is 6.92 Å². The summed E-state index contributed by atoms with van der Waals surface area (Å²) >= 11 is 7.33. The van der Waals surface area contributed by atoms with Gasteiger partial charge in [-0.1, -0.05) is 41.1 Å². The number of amides is 1. The summed E-state index contributed by atoms with van der Waals surface area (Å²) in [5.74, 6) is 1.68. The lowest BCUT2D eigenvalue weighted by Crippen LogP contribution is -2.20. The molecule has 0 radical (unpaired) electrons. The molecule has 0 aliphatic carbocycles. The number of hydrogen-bond acceptors (Lipinski definition) is 7. The summed E-state index contributed by atoms with van der Waals surface area (Å²) in [6, 6.07) is 20.8. The molecule has 0 saturated carbocycles. The number of aromatic nitrogens is 3. The summed E-state index contributed by atoms with van der Waals surface area (Å²) in [7, 11) is 3.13. The van der Waals surface area contributed by atoms with E-state index in [1.54, 1.807) is 26.4 Å². The summed E-state index contributed by atoms with van der Waals surface area (Å²) in [5, 5.41) is 14.0. The third kappa shape index (κ3) is 6.05. The lowest BCUT2D eigenvalue weighted by molar-refractivity contribution is -0.118. The van der Waals surface area contributed by atoms with Crippen LogP contribution in [-0.2, 0) is 4.79 Å². The predicted molar refractivity (Wildman–Crippen MR) is 143 cm³/mol. The number of nitrogens with one attached hydrogen (secondary N) is 1. The molecule has 0 spiro atoms. The van der Waals surface area contributed by atoms with Gasteiger partial charge in [-0.2, -0.15) is 5.10 Å². The van der Waals surface area contributed by atoms with Gasteiger partial charge in [0, 0.05) is 16.3 Å². The minimum absolute atomic E-state index is 0.105. The second kappa shape index (κ2) is 11.7. The average Bonchev–Trinajstić information content (AvgIpc) is 3.32. The van der Waals surface area contributed by atoms with Gasteiger partial charge in [-0.15, -0.1) is 10.2 Å². The van der Waals surface area contributed by atoms with Gasteiger partial charge in [0.25, 0.3) is 5.91 Å². The number of rotatable bonds is 9. The van der Waals surface area contributed by atoms with Crippen molar-refractivity contribution < 1.29 is 14.3 Å². The summed E-state index contributed by atoms with van der Waals surface area (Å²) in [6.07, 6.45) is 1.54. The van der Waals surface area contributed by atoms with E-state index in [4.69, 9.17) is 21.1 Å². The third-order valence-electron chi connectivity index (χ3n) is 5.17.